The summed E-state index contributed by atoms with van der Waals surface area (Å²) in [6.07, 6.45) is 7.08. The van der Waals surface area contributed by atoms with Gasteiger partial charge in [-0.1, -0.05) is 20.3 Å². The van der Waals surface area contributed by atoms with Crippen LogP contribution in [0.1, 0.15) is 52.4 Å². The highest BCUT2D eigenvalue weighted by atomic mass is 16.3. The lowest BCUT2D eigenvalue weighted by Gasteiger charge is -2.32. The summed E-state index contributed by atoms with van der Waals surface area (Å²) in [6, 6.07) is 0. The van der Waals surface area contributed by atoms with E-state index in [0.717, 1.165) is 25.2 Å². The van der Waals surface area contributed by atoms with Gasteiger partial charge in [0, 0.05) is 6.54 Å². The number of hydrogen-bond donors (Lipinski definition) is 1. The van der Waals surface area contributed by atoms with Crippen molar-refractivity contribution in [2.45, 2.75) is 58.5 Å². The molecule has 15 heavy (non-hydrogen) atoms. The van der Waals surface area contributed by atoms with Crippen LogP contribution in [-0.2, 0) is 0 Å². The molecule has 0 aromatic carbocycles. The van der Waals surface area contributed by atoms with E-state index in [-0.39, 0.29) is 6.10 Å². The predicted molar refractivity (Wildman–Crippen MR) is 65.0 cm³/mol. The number of nitrogens with zero attached hydrogens (tertiary/aromatic N) is 1. The van der Waals surface area contributed by atoms with Crippen LogP contribution in [0.2, 0.25) is 0 Å². The summed E-state index contributed by atoms with van der Waals surface area (Å²) in [6.45, 7) is 8.11. The van der Waals surface area contributed by atoms with Crippen molar-refractivity contribution >= 4 is 0 Å². The fourth-order valence-corrected chi connectivity index (χ4v) is 2.44. The second-order valence-corrected chi connectivity index (χ2v) is 4.92. The van der Waals surface area contributed by atoms with Crippen LogP contribution < -0.4 is 0 Å². The molecule has 0 spiro atoms. The SMILES string of the molecule is CCC(O)CCCN1CCCC(CC)C1. The van der Waals surface area contributed by atoms with E-state index in [9.17, 15) is 5.11 Å². The summed E-state index contributed by atoms with van der Waals surface area (Å²) in [5.41, 5.74) is 0. The average molecular weight is 213 g/mol. The molecule has 2 atom stereocenters. The van der Waals surface area contributed by atoms with E-state index < -0.39 is 0 Å². The lowest BCUT2D eigenvalue weighted by Crippen LogP contribution is -2.36. The Morgan fingerprint density at radius 3 is 2.87 bits per heavy atom. The Labute approximate surface area is 94.7 Å². The molecule has 2 nitrogen and oxygen atoms in total. The molecule has 2 heteroatoms. The first-order chi connectivity index (χ1) is 7.26. The maximum atomic E-state index is 9.47. The van der Waals surface area contributed by atoms with E-state index in [1.165, 1.54) is 38.9 Å². The highest BCUT2D eigenvalue weighted by Crippen LogP contribution is 2.19. The van der Waals surface area contributed by atoms with Gasteiger partial charge in [-0.25, -0.2) is 0 Å². The Morgan fingerprint density at radius 1 is 1.40 bits per heavy atom. The van der Waals surface area contributed by atoms with E-state index in [0.29, 0.717) is 0 Å². The highest BCUT2D eigenvalue weighted by molar-refractivity contribution is 4.72. The Kier molecular flexibility index (Phi) is 6.26. The maximum Gasteiger partial charge on any atom is 0.0538 e. The first kappa shape index (κ1) is 13.0. The molecule has 0 aromatic rings. The van der Waals surface area contributed by atoms with Crippen molar-refractivity contribution in [1.29, 1.82) is 0 Å². The third-order valence-electron chi connectivity index (χ3n) is 3.66. The Morgan fingerprint density at radius 2 is 2.20 bits per heavy atom. The van der Waals surface area contributed by atoms with E-state index >= 15 is 0 Å². The van der Waals surface area contributed by atoms with Gasteiger partial charge in [-0.2, -0.15) is 0 Å². The molecule has 2 unspecified atom stereocenters. The van der Waals surface area contributed by atoms with Crippen LogP contribution in [0.3, 0.4) is 0 Å². The number of aliphatic hydroxyl groups is 1. The Bertz CT molecular complexity index is 161. The van der Waals surface area contributed by atoms with Crippen LogP contribution in [0.4, 0.5) is 0 Å². The molecule has 1 heterocycles. The van der Waals surface area contributed by atoms with Crippen molar-refractivity contribution < 1.29 is 5.11 Å². The number of piperidine rings is 1. The van der Waals surface area contributed by atoms with Gasteiger partial charge in [0.15, 0.2) is 0 Å². The van der Waals surface area contributed by atoms with Crippen molar-refractivity contribution in [3.05, 3.63) is 0 Å². The Balaban J connectivity index is 2.10. The second kappa shape index (κ2) is 7.24. The van der Waals surface area contributed by atoms with E-state index in [2.05, 4.69) is 18.7 Å². The van der Waals surface area contributed by atoms with E-state index in [1.807, 2.05) is 0 Å². The van der Waals surface area contributed by atoms with Crippen molar-refractivity contribution in [2.75, 3.05) is 19.6 Å². The van der Waals surface area contributed by atoms with Crippen molar-refractivity contribution in [1.82, 2.24) is 4.90 Å². The van der Waals surface area contributed by atoms with Gasteiger partial charge in [0.05, 0.1) is 6.10 Å². The first-order valence-corrected chi connectivity index (χ1v) is 6.66. The Hall–Kier alpha value is -0.0800. The highest BCUT2D eigenvalue weighted by Gasteiger charge is 2.17. The summed E-state index contributed by atoms with van der Waals surface area (Å²) in [5.74, 6) is 0.926. The van der Waals surface area contributed by atoms with Crippen LogP contribution in [0, 0.1) is 5.92 Å². The number of aliphatic hydroxyl groups excluding tert-OH is 1. The van der Waals surface area contributed by atoms with Gasteiger partial charge < -0.3 is 10.0 Å². The van der Waals surface area contributed by atoms with Crippen LogP contribution in [0.5, 0.6) is 0 Å². The fourth-order valence-electron chi connectivity index (χ4n) is 2.44. The van der Waals surface area contributed by atoms with Gasteiger partial charge in [0.2, 0.25) is 0 Å². The summed E-state index contributed by atoms with van der Waals surface area (Å²) >= 11 is 0. The minimum absolute atomic E-state index is 0.0724. The lowest BCUT2D eigenvalue weighted by molar-refractivity contribution is 0.134. The number of hydrogen-bond acceptors (Lipinski definition) is 2. The zero-order valence-corrected chi connectivity index (χ0v) is 10.4. The summed E-state index contributed by atoms with van der Waals surface area (Å²) in [4.78, 5) is 2.58. The monoisotopic (exact) mass is 213 g/mol. The quantitative estimate of drug-likeness (QED) is 0.733. The van der Waals surface area contributed by atoms with Gasteiger partial charge in [-0.15, -0.1) is 0 Å². The van der Waals surface area contributed by atoms with Gasteiger partial charge >= 0.3 is 0 Å². The largest absolute Gasteiger partial charge is 0.393 e. The molecule has 1 saturated heterocycles. The molecular weight excluding hydrogens is 186 g/mol. The molecule has 1 N–H and O–H groups in total. The van der Waals surface area contributed by atoms with E-state index in [4.69, 9.17) is 0 Å². The van der Waals surface area contributed by atoms with E-state index in [1.54, 1.807) is 0 Å². The molecule has 1 aliphatic heterocycles. The molecule has 90 valence electrons. The second-order valence-electron chi connectivity index (χ2n) is 4.92. The average Bonchev–Trinajstić information content (AvgIpc) is 2.29. The summed E-state index contributed by atoms with van der Waals surface area (Å²) in [5, 5.41) is 9.47. The summed E-state index contributed by atoms with van der Waals surface area (Å²) in [7, 11) is 0. The number of rotatable bonds is 6. The van der Waals surface area contributed by atoms with Crippen LogP contribution in [0.15, 0.2) is 0 Å². The topological polar surface area (TPSA) is 23.5 Å². The molecule has 0 amide bonds. The fraction of sp³-hybridized carbons (Fsp3) is 1.00. The van der Waals surface area contributed by atoms with Crippen LogP contribution >= 0.6 is 0 Å². The molecule has 1 fully saturated rings. The van der Waals surface area contributed by atoms with Crippen molar-refractivity contribution in [3.8, 4) is 0 Å². The molecule has 1 aliphatic rings. The molecule has 0 bridgehead atoms. The molecule has 0 aromatic heterocycles. The molecule has 0 radical (unpaired) electrons. The number of likely N-dealkylation sites (tertiary alicyclic amines) is 1. The van der Waals surface area contributed by atoms with Gasteiger partial charge in [-0.3, -0.25) is 0 Å². The molecule has 0 aliphatic carbocycles. The maximum absolute atomic E-state index is 9.47. The normalized spacial score (nSPS) is 25.4. The standard InChI is InChI=1S/C13H27NO/c1-3-12-7-5-9-14(11-12)10-6-8-13(15)4-2/h12-13,15H,3-11H2,1-2H3. The third-order valence-corrected chi connectivity index (χ3v) is 3.66. The lowest BCUT2D eigenvalue weighted by atomic mass is 9.95. The summed E-state index contributed by atoms with van der Waals surface area (Å²) < 4.78 is 0. The van der Waals surface area contributed by atoms with Crippen molar-refractivity contribution in [2.24, 2.45) is 5.92 Å². The van der Waals surface area contributed by atoms with Crippen LogP contribution in [0.25, 0.3) is 0 Å². The minimum atomic E-state index is -0.0724. The zero-order valence-electron chi connectivity index (χ0n) is 10.4. The first-order valence-electron chi connectivity index (χ1n) is 6.66. The molecular formula is C13H27NO. The third kappa shape index (κ3) is 4.98. The molecule has 1 rings (SSSR count). The van der Waals surface area contributed by atoms with Crippen molar-refractivity contribution in [3.63, 3.8) is 0 Å². The van der Waals surface area contributed by atoms with Crippen LogP contribution in [-0.4, -0.2) is 35.7 Å². The predicted octanol–water partition coefficient (Wildman–Crippen LogP) is 2.66. The smallest absolute Gasteiger partial charge is 0.0538 e. The van der Waals surface area contributed by atoms with Gasteiger partial charge in [0.1, 0.15) is 0 Å². The molecule has 0 saturated carbocycles. The zero-order chi connectivity index (χ0) is 11.1. The van der Waals surface area contributed by atoms with Gasteiger partial charge in [0.25, 0.3) is 0 Å². The van der Waals surface area contributed by atoms with Gasteiger partial charge in [-0.05, 0) is 51.1 Å². The minimum Gasteiger partial charge on any atom is -0.393 e.